The fourth-order valence-corrected chi connectivity index (χ4v) is 3.01. The Bertz CT molecular complexity index is 898. The first-order chi connectivity index (χ1) is 10.6. The van der Waals surface area contributed by atoms with Gasteiger partial charge >= 0.3 is 0 Å². The van der Waals surface area contributed by atoms with Gasteiger partial charge in [0.15, 0.2) is 11.3 Å². The summed E-state index contributed by atoms with van der Waals surface area (Å²) < 4.78 is 2.60. The van der Waals surface area contributed by atoms with Crippen LogP contribution in [0.5, 0.6) is 0 Å². The Morgan fingerprint density at radius 2 is 2.14 bits per heavy atom. The molecule has 22 heavy (non-hydrogen) atoms. The van der Waals surface area contributed by atoms with Gasteiger partial charge in [-0.25, -0.2) is 9.67 Å². The Kier molecular flexibility index (Phi) is 3.00. The monoisotopic (exact) mass is 356 g/mol. The molecule has 0 saturated heterocycles. The minimum atomic E-state index is -0.534. The molecule has 0 atom stereocenters. The predicted molar refractivity (Wildman–Crippen MR) is 87.1 cm³/mol. The Labute approximate surface area is 135 Å². The number of nitrogens with two attached hydrogens (primary N) is 1. The van der Waals surface area contributed by atoms with Crippen molar-refractivity contribution in [3.63, 3.8) is 0 Å². The van der Waals surface area contributed by atoms with Crippen molar-refractivity contribution in [2.75, 3.05) is 0 Å². The van der Waals surface area contributed by atoms with Crippen LogP contribution in [0.15, 0.2) is 41.0 Å². The lowest BCUT2D eigenvalue weighted by molar-refractivity contribution is 0.0996. The van der Waals surface area contributed by atoms with Gasteiger partial charge in [-0.15, -0.1) is 0 Å². The standard InChI is InChI=1S/C16H13BrN4O/c17-11-2-1-3-12(7-11)21-16-13(14(20-21)15(18)22)6-10(8-19-16)9-4-5-9/h1-3,6-9H,4-5H2,(H2,18,22). The quantitative estimate of drug-likeness (QED) is 0.783. The second-order valence-corrected chi connectivity index (χ2v) is 6.43. The fourth-order valence-electron chi connectivity index (χ4n) is 2.63. The zero-order valence-corrected chi connectivity index (χ0v) is 13.2. The third kappa shape index (κ3) is 2.20. The van der Waals surface area contributed by atoms with Crippen molar-refractivity contribution in [1.29, 1.82) is 0 Å². The van der Waals surface area contributed by atoms with E-state index in [1.165, 1.54) is 12.8 Å². The molecule has 0 spiro atoms. The van der Waals surface area contributed by atoms with Crippen molar-refractivity contribution in [2.45, 2.75) is 18.8 Å². The third-order valence-electron chi connectivity index (χ3n) is 3.88. The Hall–Kier alpha value is -2.21. The molecule has 1 aliphatic carbocycles. The van der Waals surface area contributed by atoms with Crippen molar-refractivity contribution in [1.82, 2.24) is 14.8 Å². The minimum Gasteiger partial charge on any atom is -0.364 e. The van der Waals surface area contributed by atoms with Gasteiger partial charge in [-0.1, -0.05) is 22.0 Å². The van der Waals surface area contributed by atoms with Crippen molar-refractivity contribution < 1.29 is 4.79 Å². The fraction of sp³-hybridized carbons (Fsp3) is 0.188. The molecule has 6 heteroatoms. The van der Waals surface area contributed by atoms with E-state index in [2.05, 4.69) is 26.0 Å². The molecule has 0 unspecified atom stereocenters. The first kappa shape index (κ1) is 13.5. The van der Waals surface area contributed by atoms with Crippen LogP contribution in [0.3, 0.4) is 0 Å². The van der Waals surface area contributed by atoms with Crippen LogP contribution in [-0.2, 0) is 0 Å². The van der Waals surface area contributed by atoms with E-state index in [4.69, 9.17) is 5.73 Å². The van der Waals surface area contributed by atoms with Crippen molar-refractivity contribution in [3.8, 4) is 5.69 Å². The summed E-state index contributed by atoms with van der Waals surface area (Å²) in [5.41, 5.74) is 8.40. The molecule has 1 aliphatic rings. The number of pyridine rings is 1. The van der Waals surface area contributed by atoms with Gasteiger partial charge in [0, 0.05) is 10.7 Å². The Morgan fingerprint density at radius 3 is 2.82 bits per heavy atom. The summed E-state index contributed by atoms with van der Waals surface area (Å²) in [6.07, 6.45) is 4.23. The maximum absolute atomic E-state index is 11.7. The van der Waals surface area contributed by atoms with E-state index in [1.807, 2.05) is 36.5 Å². The zero-order chi connectivity index (χ0) is 15.3. The number of hydrogen-bond donors (Lipinski definition) is 1. The van der Waals surface area contributed by atoms with Gasteiger partial charge in [0.2, 0.25) is 0 Å². The number of primary amides is 1. The van der Waals surface area contributed by atoms with Crippen LogP contribution in [0.2, 0.25) is 0 Å². The van der Waals surface area contributed by atoms with E-state index < -0.39 is 5.91 Å². The Morgan fingerprint density at radius 1 is 1.32 bits per heavy atom. The summed E-state index contributed by atoms with van der Waals surface area (Å²) in [5, 5.41) is 5.10. The first-order valence-corrected chi connectivity index (χ1v) is 7.87. The number of carbonyl (C=O) groups excluding carboxylic acids is 1. The van der Waals surface area contributed by atoms with Crippen LogP contribution < -0.4 is 5.73 Å². The summed E-state index contributed by atoms with van der Waals surface area (Å²) in [5.74, 6) is 0.0281. The molecule has 2 aromatic heterocycles. The molecule has 1 aromatic carbocycles. The predicted octanol–water partition coefficient (Wildman–Crippen LogP) is 3.16. The van der Waals surface area contributed by atoms with Crippen LogP contribution in [-0.4, -0.2) is 20.7 Å². The van der Waals surface area contributed by atoms with Crippen LogP contribution in [0, 0.1) is 0 Å². The molecule has 2 heterocycles. The molecular formula is C16H13BrN4O. The molecule has 4 rings (SSSR count). The second-order valence-electron chi connectivity index (χ2n) is 5.52. The van der Waals surface area contributed by atoms with Crippen LogP contribution >= 0.6 is 15.9 Å². The largest absolute Gasteiger partial charge is 0.364 e. The molecule has 1 amide bonds. The number of nitrogens with zero attached hydrogens (tertiary/aromatic N) is 3. The molecule has 110 valence electrons. The number of rotatable bonds is 3. The highest BCUT2D eigenvalue weighted by Crippen LogP contribution is 2.40. The SMILES string of the molecule is NC(=O)c1nn(-c2cccc(Br)c2)c2ncc(C3CC3)cc12. The average molecular weight is 357 g/mol. The van der Waals surface area contributed by atoms with Gasteiger partial charge in [-0.3, -0.25) is 4.79 Å². The number of benzene rings is 1. The van der Waals surface area contributed by atoms with Gasteiger partial charge in [0.25, 0.3) is 5.91 Å². The highest BCUT2D eigenvalue weighted by molar-refractivity contribution is 9.10. The lowest BCUT2D eigenvalue weighted by atomic mass is 10.1. The van der Waals surface area contributed by atoms with Crippen LogP contribution in [0.25, 0.3) is 16.7 Å². The lowest BCUT2D eigenvalue weighted by Gasteiger charge is -2.03. The maximum Gasteiger partial charge on any atom is 0.269 e. The van der Waals surface area contributed by atoms with Gasteiger partial charge in [0.05, 0.1) is 11.1 Å². The number of fused-ring (bicyclic) bond motifs is 1. The van der Waals surface area contributed by atoms with Gasteiger partial charge in [-0.2, -0.15) is 5.10 Å². The highest BCUT2D eigenvalue weighted by Gasteiger charge is 2.26. The summed E-state index contributed by atoms with van der Waals surface area (Å²) in [6.45, 7) is 0. The van der Waals surface area contributed by atoms with Gasteiger partial charge in [-0.05, 0) is 48.6 Å². The van der Waals surface area contributed by atoms with Crippen LogP contribution in [0.4, 0.5) is 0 Å². The second kappa shape index (κ2) is 4.91. The molecular weight excluding hydrogens is 344 g/mol. The molecule has 0 bridgehead atoms. The molecule has 3 aromatic rings. The number of halogens is 1. The van der Waals surface area contributed by atoms with E-state index in [1.54, 1.807) is 4.68 Å². The summed E-state index contributed by atoms with van der Waals surface area (Å²) in [7, 11) is 0. The Balaban J connectivity index is 1.97. The van der Waals surface area contributed by atoms with Gasteiger partial charge < -0.3 is 5.73 Å². The minimum absolute atomic E-state index is 0.268. The number of aromatic nitrogens is 3. The highest BCUT2D eigenvalue weighted by atomic mass is 79.9. The van der Waals surface area contributed by atoms with Crippen LogP contribution in [0.1, 0.15) is 34.8 Å². The zero-order valence-electron chi connectivity index (χ0n) is 11.7. The summed E-state index contributed by atoms with van der Waals surface area (Å²) in [6, 6.07) is 9.69. The molecule has 1 fully saturated rings. The lowest BCUT2D eigenvalue weighted by Crippen LogP contribution is -2.12. The molecule has 1 saturated carbocycles. The first-order valence-electron chi connectivity index (χ1n) is 7.08. The maximum atomic E-state index is 11.7. The molecule has 2 N–H and O–H groups in total. The number of hydrogen-bond acceptors (Lipinski definition) is 3. The van der Waals surface area contributed by atoms with E-state index in [-0.39, 0.29) is 5.69 Å². The van der Waals surface area contributed by atoms with E-state index in [9.17, 15) is 4.79 Å². The molecule has 0 radical (unpaired) electrons. The average Bonchev–Trinajstić information content (AvgIpc) is 3.27. The number of carbonyl (C=O) groups is 1. The number of amides is 1. The van der Waals surface area contributed by atoms with E-state index in [0.717, 1.165) is 21.1 Å². The van der Waals surface area contributed by atoms with E-state index in [0.29, 0.717) is 11.6 Å². The smallest absolute Gasteiger partial charge is 0.269 e. The van der Waals surface area contributed by atoms with Crippen molar-refractivity contribution in [3.05, 3.63) is 52.3 Å². The summed E-state index contributed by atoms with van der Waals surface area (Å²) >= 11 is 3.45. The molecule has 5 nitrogen and oxygen atoms in total. The normalized spacial score (nSPS) is 14.4. The third-order valence-corrected chi connectivity index (χ3v) is 4.37. The van der Waals surface area contributed by atoms with Gasteiger partial charge in [0.1, 0.15) is 0 Å². The summed E-state index contributed by atoms with van der Waals surface area (Å²) in [4.78, 5) is 16.3. The topological polar surface area (TPSA) is 73.8 Å². The van der Waals surface area contributed by atoms with Crippen molar-refractivity contribution >= 4 is 32.9 Å². The van der Waals surface area contributed by atoms with Crippen molar-refractivity contribution in [2.24, 2.45) is 5.73 Å². The molecule has 0 aliphatic heterocycles. The van der Waals surface area contributed by atoms with E-state index >= 15 is 0 Å².